The van der Waals surface area contributed by atoms with Crippen molar-refractivity contribution in [2.24, 2.45) is 0 Å². The van der Waals surface area contributed by atoms with Gasteiger partial charge in [-0.15, -0.1) is 0 Å². The number of ether oxygens (including phenoxy) is 2. The molecule has 25 heavy (non-hydrogen) atoms. The lowest BCUT2D eigenvalue weighted by Gasteiger charge is -1.91. The molecule has 8 heteroatoms. The zero-order valence-electron chi connectivity index (χ0n) is 15.0. The van der Waals surface area contributed by atoms with Gasteiger partial charge in [0.25, 0.3) is 0 Å². The summed E-state index contributed by atoms with van der Waals surface area (Å²) in [6.07, 6.45) is 1.98. The first-order valence-electron chi connectivity index (χ1n) is 6.68. The fourth-order valence-electron chi connectivity index (χ4n) is 0.375. The molecule has 0 aliphatic rings. The molecule has 0 atom stereocenters. The normalized spacial score (nSPS) is 7.36. The fraction of sp³-hybridized carbons (Fsp3) is 0.294. The minimum atomic E-state index is -0.981. The van der Waals surface area contributed by atoms with Crippen molar-refractivity contribution in [2.45, 2.75) is 20.8 Å². The van der Waals surface area contributed by atoms with Crippen molar-refractivity contribution in [3.8, 4) is 0 Å². The number of carbonyl (C=O) groups is 4. The Morgan fingerprint density at radius 2 is 1.32 bits per heavy atom. The zero-order chi connectivity index (χ0) is 21.0. The highest BCUT2D eigenvalue weighted by Gasteiger charge is 1.95. The Hall–Kier alpha value is -3.16. The molecule has 2 N–H and O–H groups in total. The van der Waals surface area contributed by atoms with E-state index in [1.165, 1.54) is 14.0 Å². The van der Waals surface area contributed by atoms with Gasteiger partial charge >= 0.3 is 23.9 Å². The van der Waals surface area contributed by atoms with E-state index >= 15 is 0 Å². The Morgan fingerprint density at radius 1 is 0.960 bits per heavy atom. The second-order valence-corrected chi connectivity index (χ2v) is 3.86. The summed E-state index contributed by atoms with van der Waals surface area (Å²) in [7, 11) is 1.33. The van der Waals surface area contributed by atoms with Gasteiger partial charge in [0.15, 0.2) is 0 Å². The number of rotatable bonds is 5. The molecule has 0 aliphatic carbocycles. The summed E-state index contributed by atoms with van der Waals surface area (Å²) >= 11 is 0. The summed E-state index contributed by atoms with van der Waals surface area (Å²) in [6.45, 7) is 17.9. The summed E-state index contributed by atoms with van der Waals surface area (Å²) in [5, 5.41) is 15.5. The topological polar surface area (TPSA) is 127 Å². The monoisotopic (exact) mass is 358 g/mol. The average molecular weight is 358 g/mol. The zero-order valence-corrected chi connectivity index (χ0v) is 15.0. The van der Waals surface area contributed by atoms with Crippen molar-refractivity contribution < 1.29 is 38.9 Å². The molecule has 0 amide bonds. The van der Waals surface area contributed by atoms with E-state index in [0.717, 1.165) is 12.2 Å². The van der Waals surface area contributed by atoms with Crippen LogP contribution in [-0.2, 0) is 28.7 Å². The lowest BCUT2D eigenvalue weighted by molar-refractivity contribution is -0.137. The third-order valence-electron chi connectivity index (χ3n) is 1.53. The van der Waals surface area contributed by atoms with Crippen molar-refractivity contribution in [3.05, 3.63) is 49.6 Å². The van der Waals surface area contributed by atoms with Crippen LogP contribution in [0.2, 0.25) is 0 Å². The summed E-state index contributed by atoms with van der Waals surface area (Å²) in [6, 6.07) is 0. The highest BCUT2D eigenvalue weighted by molar-refractivity contribution is 5.86. The molecule has 0 spiro atoms. The lowest BCUT2D eigenvalue weighted by Crippen LogP contribution is -1.98. The van der Waals surface area contributed by atoms with Gasteiger partial charge < -0.3 is 19.7 Å². The van der Waals surface area contributed by atoms with Crippen molar-refractivity contribution in [1.29, 1.82) is 0 Å². The molecule has 142 valence electrons. The molecule has 0 aromatic rings. The van der Waals surface area contributed by atoms with Crippen molar-refractivity contribution in [3.63, 3.8) is 0 Å². The van der Waals surface area contributed by atoms with Gasteiger partial charge in [-0.1, -0.05) is 26.3 Å². The maximum atomic E-state index is 10.2. The molecule has 0 unspecified atom stereocenters. The molecular weight excluding hydrogens is 332 g/mol. The van der Waals surface area contributed by atoms with Gasteiger partial charge in [-0.2, -0.15) is 0 Å². The first-order chi connectivity index (χ1) is 11.4. The van der Waals surface area contributed by atoms with E-state index in [0.29, 0.717) is 12.2 Å². The van der Waals surface area contributed by atoms with E-state index in [1.807, 2.05) is 0 Å². The van der Waals surface area contributed by atoms with Crippen LogP contribution in [0.25, 0.3) is 0 Å². The van der Waals surface area contributed by atoms with Gasteiger partial charge in [-0.25, -0.2) is 19.2 Å². The van der Waals surface area contributed by atoms with E-state index < -0.39 is 11.9 Å². The molecule has 0 saturated heterocycles. The van der Waals surface area contributed by atoms with Crippen molar-refractivity contribution in [1.82, 2.24) is 0 Å². The Bertz CT molecular complexity index is 475. The Labute approximate surface area is 147 Å². The number of methoxy groups -OCH3 is 1. The number of carboxylic acid groups (broad SMARTS) is 2. The number of esters is 2. The summed E-state index contributed by atoms with van der Waals surface area (Å²) in [4.78, 5) is 39.1. The molecule has 0 aromatic heterocycles. The first-order valence-corrected chi connectivity index (χ1v) is 6.68. The van der Waals surface area contributed by atoms with E-state index in [9.17, 15) is 19.2 Å². The third-order valence-corrected chi connectivity index (χ3v) is 1.53. The van der Waals surface area contributed by atoms with Gasteiger partial charge in [0, 0.05) is 23.3 Å². The van der Waals surface area contributed by atoms with Crippen LogP contribution >= 0.6 is 0 Å². The molecule has 0 heterocycles. The first kappa shape index (κ1) is 29.8. The molecule has 0 rings (SSSR count). The number of hydrogen-bond donors (Lipinski definition) is 2. The molecule has 0 saturated carbocycles. The molecule has 0 fully saturated rings. The Balaban J connectivity index is -0.000000119. The van der Waals surface area contributed by atoms with Crippen LogP contribution in [0.3, 0.4) is 0 Å². The standard InChI is InChI=1S/2C5H8O2.C4H6O2.C3H4O2/c1-4(2)5(6)7-3;1-3-5(6)7-4-2;1-3(2)4(5)6;1-2-3(4)5/h1H2,2-3H3;3H,1,4H2,2H3;1H2,2H3,(H,5,6);2H,1H2,(H,4,5). The maximum absolute atomic E-state index is 10.2. The molecule has 0 bridgehead atoms. The van der Waals surface area contributed by atoms with Crippen LogP contribution in [-0.4, -0.2) is 47.8 Å². The highest BCUT2D eigenvalue weighted by Crippen LogP contribution is 1.87. The van der Waals surface area contributed by atoms with Gasteiger partial charge in [0.2, 0.25) is 0 Å². The maximum Gasteiger partial charge on any atom is 0.332 e. The number of carbonyl (C=O) groups excluding carboxylic acids is 2. The predicted octanol–water partition coefficient (Wildman–Crippen LogP) is 2.38. The van der Waals surface area contributed by atoms with Gasteiger partial charge in [-0.3, -0.25) is 0 Å². The smallest absolute Gasteiger partial charge is 0.332 e. The third kappa shape index (κ3) is 38.6. The molecular formula is C17H26O8. The van der Waals surface area contributed by atoms with E-state index in [-0.39, 0.29) is 17.5 Å². The Kier molecular flexibility index (Phi) is 24.8. The molecule has 8 nitrogen and oxygen atoms in total. The van der Waals surface area contributed by atoms with Crippen LogP contribution < -0.4 is 0 Å². The minimum Gasteiger partial charge on any atom is -0.478 e. The predicted molar refractivity (Wildman–Crippen MR) is 93.9 cm³/mol. The summed E-state index contributed by atoms with van der Waals surface area (Å²) < 4.78 is 8.71. The van der Waals surface area contributed by atoms with E-state index in [4.69, 9.17) is 10.2 Å². The van der Waals surface area contributed by atoms with Gasteiger partial charge in [0.05, 0.1) is 13.7 Å². The fourth-order valence-corrected chi connectivity index (χ4v) is 0.375. The van der Waals surface area contributed by atoms with Crippen LogP contribution in [0, 0.1) is 0 Å². The minimum absolute atomic E-state index is 0.176. The lowest BCUT2D eigenvalue weighted by atomic mass is 10.4. The van der Waals surface area contributed by atoms with Gasteiger partial charge in [0.1, 0.15) is 0 Å². The largest absolute Gasteiger partial charge is 0.478 e. The quantitative estimate of drug-likeness (QED) is 0.566. The van der Waals surface area contributed by atoms with Gasteiger partial charge in [-0.05, 0) is 20.8 Å². The number of aliphatic carboxylic acids is 2. The van der Waals surface area contributed by atoms with Crippen molar-refractivity contribution >= 4 is 23.9 Å². The van der Waals surface area contributed by atoms with Crippen LogP contribution in [0.1, 0.15) is 20.8 Å². The van der Waals surface area contributed by atoms with Crippen molar-refractivity contribution in [2.75, 3.05) is 13.7 Å². The highest BCUT2D eigenvalue weighted by atomic mass is 16.5. The molecule has 0 radical (unpaired) electrons. The SMILES string of the molecule is C=C(C)C(=O)O.C=C(C)C(=O)OC.C=CC(=O)O.C=CC(=O)OCC. The molecule has 0 aromatic carbocycles. The van der Waals surface area contributed by atoms with Crippen LogP contribution in [0.15, 0.2) is 49.6 Å². The van der Waals surface area contributed by atoms with Crippen LogP contribution in [0.5, 0.6) is 0 Å². The number of hydrogen-bond acceptors (Lipinski definition) is 6. The Morgan fingerprint density at radius 3 is 1.36 bits per heavy atom. The van der Waals surface area contributed by atoms with E-state index in [1.54, 1.807) is 13.8 Å². The summed E-state index contributed by atoms with van der Waals surface area (Å²) in [5.74, 6) is -2.62. The van der Waals surface area contributed by atoms with E-state index in [2.05, 4.69) is 35.8 Å². The molecule has 0 aliphatic heterocycles. The second-order valence-electron chi connectivity index (χ2n) is 3.86. The van der Waals surface area contributed by atoms with Crippen LogP contribution in [0.4, 0.5) is 0 Å². The summed E-state index contributed by atoms with van der Waals surface area (Å²) in [5.41, 5.74) is 0.609. The average Bonchev–Trinajstić information content (AvgIpc) is 2.55. The second kappa shape index (κ2) is 20.8. The number of carboxylic acids is 2.